The molecule has 0 radical (unpaired) electrons. The Morgan fingerprint density at radius 2 is 2.09 bits per heavy atom. The highest BCUT2D eigenvalue weighted by Crippen LogP contribution is 2.32. The molecular weight excluding hydrogens is 172 g/mol. The molecule has 0 N–H and O–H groups in total. The zero-order valence-electron chi connectivity index (χ0n) is 5.95. The smallest absolute Gasteiger partial charge is 0.0289 e. The van der Waals surface area contributed by atoms with E-state index in [1.807, 2.05) is 11.8 Å². The second-order valence-corrected chi connectivity index (χ2v) is 4.05. The van der Waals surface area contributed by atoms with Crippen molar-refractivity contribution < 1.29 is 0 Å². The van der Waals surface area contributed by atoms with E-state index in [9.17, 15) is 0 Å². The fourth-order valence-corrected chi connectivity index (χ4v) is 2.29. The van der Waals surface area contributed by atoms with Gasteiger partial charge >= 0.3 is 0 Å². The van der Waals surface area contributed by atoms with Crippen molar-refractivity contribution in [1.82, 2.24) is 0 Å². The molecule has 2 heteroatoms. The van der Waals surface area contributed by atoms with Crippen molar-refractivity contribution in [2.75, 3.05) is 5.75 Å². The first-order valence-corrected chi connectivity index (χ1v) is 4.91. The molecule has 0 unspecified atom stereocenters. The van der Waals surface area contributed by atoms with Crippen LogP contribution >= 0.6 is 24.4 Å². The molecule has 0 aromatic heterocycles. The van der Waals surface area contributed by atoms with Crippen molar-refractivity contribution in [2.24, 2.45) is 0 Å². The van der Waals surface area contributed by atoms with Gasteiger partial charge in [0, 0.05) is 10.6 Å². The maximum absolute atomic E-state index is 4.33. The fraction of sp³-hybridized carbons (Fsp3) is 0.111. The Bertz CT molecular complexity index is 302. The third-order valence-electron chi connectivity index (χ3n) is 1.62. The highest BCUT2D eigenvalue weighted by Gasteiger charge is 2.06. The van der Waals surface area contributed by atoms with Crippen molar-refractivity contribution in [3.05, 3.63) is 34.7 Å². The normalized spacial score (nSPS) is 15.5. The zero-order valence-corrected chi connectivity index (χ0v) is 7.66. The van der Waals surface area contributed by atoms with E-state index in [1.54, 1.807) is 0 Å². The molecule has 0 saturated carbocycles. The number of fused-ring (bicyclic) bond motifs is 1. The summed E-state index contributed by atoms with van der Waals surface area (Å²) in [5.74, 6) is 1.01. The molecule has 0 spiro atoms. The van der Waals surface area contributed by atoms with Crippen LogP contribution in [-0.4, -0.2) is 5.75 Å². The fourth-order valence-electron chi connectivity index (χ4n) is 1.10. The van der Waals surface area contributed by atoms with E-state index in [4.69, 9.17) is 0 Å². The average Bonchev–Trinajstić information content (AvgIpc) is 2.04. The summed E-state index contributed by atoms with van der Waals surface area (Å²) >= 11 is 6.18. The second kappa shape index (κ2) is 2.95. The van der Waals surface area contributed by atoms with Crippen LogP contribution in [0.1, 0.15) is 5.56 Å². The largest absolute Gasteiger partial charge is 0.147 e. The molecule has 1 heterocycles. The molecule has 1 aliphatic rings. The molecule has 0 atom stereocenters. The molecule has 0 saturated heterocycles. The number of rotatable bonds is 0. The Hall–Kier alpha value is -0.340. The lowest BCUT2D eigenvalue weighted by Gasteiger charge is -2.11. The minimum absolute atomic E-state index is 1.01. The van der Waals surface area contributed by atoms with Crippen LogP contribution in [0.2, 0.25) is 0 Å². The molecule has 56 valence electrons. The first kappa shape index (κ1) is 7.32. The number of thioether (sulfide) groups is 1. The summed E-state index contributed by atoms with van der Waals surface area (Å²) in [5, 5.41) is 0. The van der Waals surface area contributed by atoms with Crippen LogP contribution in [-0.2, 0) is 0 Å². The summed E-state index contributed by atoms with van der Waals surface area (Å²) in [6, 6.07) is 8.40. The van der Waals surface area contributed by atoms with Crippen LogP contribution in [0, 0.1) is 0 Å². The Morgan fingerprint density at radius 3 is 3.00 bits per heavy atom. The summed E-state index contributed by atoms with van der Waals surface area (Å²) in [4.78, 5) is 2.53. The highest BCUT2D eigenvalue weighted by atomic mass is 32.2. The lowest BCUT2D eigenvalue weighted by molar-refractivity contribution is 1.40. The van der Waals surface area contributed by atoms with Crippen LogP contribution in [0.4, 0.5) is 0 Å². The van der Waals surface area contributed by atoms with Crippen LogP contribution in [0.5, 0.6) is 0 Å². The van der Waals surface area contributed by atoms with Gasteiger partial charge in [-0.1, -0.05) is 18.2 Å². The maximum Gasteiger partial charge on any atom is 0.0289 e. The summed E-state index contributed by atoms with van der Waals surface area (Å²) in [6.07, 6.45) is 2.13. The van der Waals surface area contributed by atoms with Crippen LogP contribution in [0.15, 0.2) is 34.1 Å². The molecule has 0 fully saturated rings. The maximum atomic E-state index is 4.33. The molecule has 1 aliphatic heterocycles. The van der Waals surface area contributed by atoms with Gasteiger partial charge in [0.1, 0.15) is 0 Å². The van der Waals surface area contributed by atoms with E-state index in [2.05, 4.69) is 43.0 Å². The van der Waals surface area contributed by atoms with Gasteiger partial charge in [-0.2, -0.15) is 0 Å². The summed E-state index contributed by atoms with van der Waals surface area (Å²) in [7, 11) is 0. The van der Waals surface area contributed by atoms with Crippen molar-refractivity contribution in [2.45, 2.75) is 4.90 Å². The number of benzene rings is 1. The van der Waals surface area contributed by atoms with Crippen molar-refractivity contribution in [3.63, 3.8) is 0 Å². The molecule has 1 aromatic carbocycles. The van der Waals surface area contributed by atoms with Crippen LogP contribution < -0.4 is 0 Å². The predicted molar refractivity (Wildman–Crippen MR) is 54.1 cm³/mol. The van der Waals surface area contributed by atoms with Gasteiger partial charge in [0.15, 0.2) is 0 Å². The van der Waals surface area contributed by atoms with Gasteiger partial charge in [-0.05, 0) is 22.6 Å². The van der Waals surface area contributed by atoms with Gasteiger partial charge < -0.3 is 0 Å². The lowest BCUT2D eigenvalue weighted by atomic mass is 10.2. The minimum Gasteiger partial charge on any atom is -0.147 e. The molecule has 11 heavy (non-hydrogen) atoms. The van der Waals surface area contributed by atoms with E-state index >= 15 is 0 Å². The standard InChI is InChI=1S/C9H8S2/c10-8-5-7-3-1-2-4-9(7)11-6-8/h1-5,10H,6H2. The number of hydrogen-bond donors (Lipinski definition) is 1. The molecule has 0 nitrogen and oxygen atoms in total. The monoisotopic (exact) mass is 180 g/mol. The van der Waals surface area contributed by atoms with Gasteiger partial charge in [0.05, 0.1) is 0 Å². The van der Waals surface area contributed by atoms with Crippen molar-refractivity contribution in [1.29, 1.82) is 0 Å². The number of hydrogen-bond acceptors (Lipinski definition) is 2. The Balaban J connectivity index is 2.51. The zero-order chi connectivity index (χ0) is 7.68. The van der Waals surface area contributed by atoms with Gasteiger partial charge in [-0.15, -0.1) is 24.4 Å². The Morgan fingerprint density at radius 1 is 1.27 bits per heavy atom. The highest BCUT2D eigenvalue weighted by molar-refractivity contribution is 8.00. The van der Waals surface area contributed by atoms with E-state index in [0.717, 1.165) is 10.7 Å². The van der Waals surface area contributed by atoms with Crippen molar-refractivity contribution in [3.8, 4) is 0 Å². The van der Waals surface area contributed by atoms with Crippen molar-refractivity contribution >= 4 is 30.5 Å². The van der Waals surface area contributed by atoms with Gasteiger partial charge in [-0.3, -0.25) is 0 Å². The van der Waals surface area contributed by atoms with E-state index in [0.29, 0.717) is 0 Å². The topological polar surface area (TPSA) is 0 Å². The molecule has 0 bridgehead atoms. The van der Waals surface area contributed by atoms with Crippen LogP contribution in [0.25, 0.3) is 6.08 Å². The lowest BCUT2D eigenvalue weighted by Crippen LogP contribution is -1.89. The summed E-state index contributed by atoms with van der Waals surface area (Å²) in [5.41, 5.74) is 1.30. The van der Waals surface area contributed by atoms with Gasteiger partial charge in [0.2, 0.25) is 0 Å². The predicted octanol–water partition coefficient (Wildman–Crippen LogP) is 3.06. The molecule has 0 amide bonds. The van der Waals surface area contributed by atoms with E-state index < -0.39 is 0 Å². The van der Waals surface area contributed by atoms with Gasteiger partial charge in [-0.25, -0.2) is 0 Å². The SMILES string of the molecule is SC1=Cc2ccccc2SC1. The second-order valence-electron chi connectivity index (χ2n) is 2.46. The molecular formula is C9H8S2. The average molecular weight is 180 g/mol. The quantitative estimate of drug-likeness (QED) is 0.599. The first-order chi connectivity index (χ1) is 5.36. The summed E-state index contributed by atoms with van der Waals surface area (Å²) in [6.45, 7) is 0. The molecule has 1 aromatic rings. The molecule has 0 aliphatic carbocycles. The Kier molecular flexibility index (Phi) is 1.96. The third-order valence-corrected chi connectivity index (χ3v) is 3.26. The minimum atomic E-state index is 1.01. The third kappa shape index (κ3) is 1.47. The number of thiol groups is 1. The Labute approximate surface area is 76.1 Å². The molecule has 2 rings (SSSR count). The summed E-state index contributed by atoms with van der Waals surface area (Å²) < 4.78 is 0. The van der Waals surface area contributed by atoms with E-state index in [-0.39, 0.29) is 0 Å². The van der Waals surface area contributed by atoms with Crippen LogP contribution in [0.3, 0.4) is 0 Å². The first-order valence-electron chi connectivity index (χ1n) is 3.47. The van der Waals surface area contributed by atoms with Gasteiger partial charge in [0.25, 0.3) is 0 Å². The van der Waals surface area contributed by atoms with E-state index in [1.165, 1.54) is 10.5 Å².